The summed E-state index contributed by atoms with van der Waals surface area (Å²) >= 11 is 0. The molecule has 1 saturated heterocycles. The van der Waals surface area contributed by atoms with Crippen molar-refractivity contribution in [2.24, 2.45) is 0 Å². The van der Waals surface area contributed by atoms with Crippen molar-refractivity contribution < 1.29 is 34.7 Å². The molecule has 1 fully saturated rings. The molecule has 7 nitrogen and oxygen atoms in total. The van der Waals surface area contributed by atoms with Crippen molar-refractivity contribution in [2.75, 3.05) is 6.61 Å². The fraction of sp³-hybridized carbons (Fsp3) is 0.875. The van der Waals surface area contributed by atoms with Gasteiger partial charge in [0.25, 0.3) is 0 Å². The molecule has 5 atom stereocenters. The number of rotatable bonds is 2. The average molecular weight is 222 g/mol. The summed E-state index contributed by atoms with van der Waals surface area (Å²) in [6.45, 7) is 0.883. The molecule has 0 saturated carbocycles. The van der Waals surface area contributed by atoms with Crippen LogP contribution in [0.2, 0.25) is 0 Å². The number of aliphatic hydroxyl groups excluding tert-OH is 4. The lowest BCUT2D eigenvalue weighted by Gasteiger charge is -2.37. The molecule has 0 aliphatic carbocycles. The number of hydrogen-bond acceptors (Lipinski definition) is 7. The minimum absolute atomic E-state index is 0.294. The molecule has 0 aromatic rings. The van der Waals surface area contributed by atoms with Crippen LogP contribution in [0.4, 0.5) is 0 Å². The van der Waals surface area contributed by atoms with Gasteiger partial charge in [0.1, 0.15) is 31.0 Å². The predicted molar refractivity (Wildman–Crippen MR) is 45.5 cm³/mol. The number of hydrogen-bond donors (Lipinski definition) is 4. The number of carbonyl (C=O) groups is 1. The van der Waals surface area contributed by atoms with Gasteiger partial charge in [-0.3, -0.25) is 4.79 Å². The fourth-order valence-electron chi connectivity index (χ4n) is 1.27. The Morgan fingerprint density at radius 2 is 1.80 bits per heavy atom. The standard InChI is InChI=1S/C8H14O7/c1-3(9)14-2-4-5(10)6(11)7(12)8(13)15-4/h4-8,10-13H,2H2,1H3/t4-,5+,6+,7+,8-/m1/s1. The van der Waals surface area contributed by atoms with Crippen LogP contribution in [0.25, 0.3) is 0 Å². The van der Waals surface area contributed by atoms with Gasteiger partial charge in [-0.05, 0) is 0 Å². The van der Waals surface area contributed by atoms with E-state index in [0.717, 1.165) is 0 Å². The summed E-state index contributed by atoms with van der Waals surface area (Å²) < 4.78 is 9.31. The molecule has 1 heterocycles. The van der Waals surface area contributed by atoms with Crippen LogP contribution >= 0.6 is 0 Å². The molecule has 0 unspecified atom stereocenters. The third kappa shape index (κ3) is 2.86. The van der Waals surface area contributed by atoms with Gasteiger partial charge in [0.2, 0.25) is 0 Å². The maximum Gasteiger partial charge on any atom is 0.302 e. The monoisotopic (exact) mass is 222 g/mol. The third-order valence-electron chi connectivity index (χ3n) is 2.14. The molecule has 1 rings (SSSR count). The van der Waals surface area contributed by atoms with Gasteiger partial charge in [0.05, 0.1) is 0 Å². The van der Waals surface area contributed by atoms with Gasteiger partial charge >= 0.3 is 5.97 Å². The molecular weight excluding hydrogens is 208 g/mol. The number of aliphatic hydroxyl groups is 4. The molecule has 0 amide bonds. The predicted octanol–water partition coefficient (Wildman–Crippen LogP) is -2.65. The van der Waals surface area contributed by atoms with Crippen LogP contribution in [0.3, 0.4) is 0 Å². The Kier molecular flexibility index (Phi) is 4.00. The second-order valence-corrected chi connectivity index (χ2v) is 3.34. The summed E-state index contributed by atoms with van der Waals surface area (Å²) in [6.07, 6.45) is -7.18. The molecule has 0 radical (unpaired) electrons. The highest BCUT2D eigenvalue weighted by Gasteiger charge is 2.43. The van der Waals surface area contributed by atoms with Gasteiger partial charge in [0.15, 0.2) is 6.29 Å². The SMILES string of the molecule is CC(=O)OC[C@H]1O[C@@H](O)[C@@H](O)[C@@H](O)[C@H]1O. The molecule has 0 bridgehead atoms. The number of carbonyl (C=O) groups excluding carboxylic acids is 1. The van der Waals surface area contributed by atoms with Gasteiger partial charge in [-0.1, -0.05) is 0 Å². The summed E-state index contributed by atoms with van der Waals surface area (Å²) in [5.41, 5.74) is 0. The Morgan fingerprint density at radius 1 is 1.20 bits per heavy atom. The highest BCUT2D eigenvalue weighted by atomic mass is 16.6. The van der Waals surface area contributed by atoms with E-state index < -0.39 is 36.7 Å². The average Bonchev–Trinajstić information content (AvgIpc) is 2.18. The van der Waals surface area contributed by atoms with E-state index in [9.17, 15) is 15.0 Å². The van der Waals surface area contributed by atoms with Crippen LogP contribution in [0.5, 0.6) is 0 Å². The van der Waals surface area contributed by atoms with Crippen LogP contribution in [-0.4, -0.2) is 63.7 Å². The second kappa shape index (κ2) is 4.86. The molecular formula is C8H14O7. The summed E-state index contributed by atoms with van der Waals surface area (Å²) in [6, 6.07) is 0. The highest BCUT2D eigenvalue weighted by molar-refractivity contribution is 5.65. The van der Waals surface area contributed by atoms with Crippen molar-refractivity contribution in [3.05, 3.63) is 0 Å². The summed E-state index contributed by atoms with van der Waals surface area (Å²) in [7, 11) is 0. The van der Waals surface area contributed by atoms with Crippen molar-refractivity contribution >= 4 is 5.97 Å². The molecule has 0 aromatic heterocycles. The van der Waals surface area contributed by atoms with Crippen LogP contribution < -0.4 is 0 Å². The van der Waals surface area contributed by atoms with Gasteiger partial charge in [-0.15, -0.1) is 0 Å². The molecule has 88 valence electrons. The topological polar surface area (TPSA) is 116 Å². The molecule has 4 N–H and O–H groups in total. The Morgan fingerprint density at radius 3 is 2.33 bits per heavy atom. The number of esters is 1. The molecule has 7 heteroatoms. The van der Waals surface area contributed by atoms with Gasteiger partial charge in [-0.2, -0.15) is 0 Å². The third-order valence-corrected chi connectivity index (χ3v) is 2.14. The maximum atomic E-state index is 10.5. The Balaban J connectivity index is 2.54. The molecule has 0 aromatic carbocycles. The van der Waals surface area contributed by atoms with E-state index >= 15 is 0 Å². The van der Waals surface area contributed by atoms with Crippen molar-refractivity contribution in [2.45, 2.75) is 37.6 Å². The van der Waals surface area contributed by atoms with Crippen LogP contribution in [0.15, 0.2) is 0 Å². The lowest BCUT2D eigenvalue weighted by Crippen LogP contribution is -2.58. The van der Waals surface area contributed by atoms with E-state index in [1.807, 2.05) is 0 Å². The minimum Gasteiger partial charge on any atom is -0.463 e. The molecule has 0 spiro atoms. The zero-order valence-electron chi connectivity index (χ0n) is 8.11. The Labute approximate surface area is 85.9 Å². The van der Waals surface area contributed by atoms with E-state index in [4.69, 9.17) is 14.9 Å². The zero-order valence-corrected chi connectivity index (χ0v) is 8.11. The summed E-state index contributed by atoms with van der Waals surface area (Å²) in [4.78, 5) is 10.5. The quantitative estimate of drug-likeness (QED) is 0.377. The smallest absolute Gasteiger partial charge is 0.302 e. The largest absolute Gasteiger partial charge is 0.463 e. The minimum atomic E-state index is -1.61. The van der Waals surface area contributed by atoms with Gasteiger partial charge in [0, 0.05) is 6.92 Å². The first-order valence-corrected chi connectivity index (χ1v) is 4.44. The summed E-state index contributed by atoms with van der Waals surface area (Å²) in [5, 5.41) is 36.9. The first-order chi connectivity index (χ1) is 6.93. The van der Waals surface area contributed by atoms with Crippen molar-refractivity contribution in [1.82, 2.24) is 0 Å². The van der Waals surface area contributed by atoms with Crippen LogP contribution in [-0.2, 0) is 14.3 Å². The van der Waals surface area contributed by atoms with E-state index in [0.29, 0.717) is 0 Å². The maximum absolute atomic E-state index is 10.5. The van der Waals surface area contributed by atoms with Crippen molar-refractivity contribution in [1.29, 1.82) is 0 Å². The molecule has 1 aliphatic rings. The molecule has 1 aliphatic heterocycles. The first kappa shape index (κ1) is 12.3. The van der Waals surface area contributed by atoms with E-state index in [-0.39, 0.29) is 6.61 Å². The normalized spacial score (nSPS) is 41.3. The van der Waals surface area contributed by atoms with Crippen LogP contribution in [0, 0.1) is 0 Å². The Hall–Kier alpha value is -0.730. The van der Waals surface area contributed by atoms with Gasteiger partial charge < -0.3 is 29.9 Å². The van der Waals surface area contributed by atoms with E-state index in [1.165, 1.54) is 6.92 Å². The van der Waals surface area contributed by atoms with E-state index in [1.54, 1.807) is 0 Å². The Bertz CT molecular complexity index is 231. The molecule has 15 heavy (non-hydrogen) atoms. The van der Waals surface area contributed by atoms with Crippen molar-refractivity contribution in [3.63, 3.8) is 0 Å². The zero-order chi connectivity index (χ0) is 11.6. The fourth-order valence-corrected chi connectivity index (χ4v) is 1.27. The summed E-state index contributed by atoms with van der Waals surface area (Å²) in [5.74, 6) is -0.569. The van der Waals surface area contributed by atoms with Crippen molar-refractivity contribution in [3.8, 4) is 0 Å². The van der Waals surface area contributed by atoms with E-state index in [2.05, 4.69) is 4.74 Å². The second-order valence-electron chi connectivity index (χ2n) is 3.34. The lowest BCUT2D eigenvalue weighted by molar-refractivity contribution is -0.287. The van der Waals surface area contributed by atoms with Crippen LogP contribution in [0.1, 0.15) is 6.92 Å². The highest BCUT2D eigenvalue weighted by Crippen LogP contribution is 2.19. The number of ether oxygens (including phenoxy) is 2. The lowest BCUT2D eigenvalue weighted by atomic mass is 9.99. The van der Waals surface area contributed by atoms with Gasteiger partial charge in [-0.25, -0.2) is 0 Å². The first-order valence-electron chi connectivity index (χ1n) is 4.44.